The molecule has 0 radical (unpaired) electrons. The number of likely N-dealkylation sites (tertiary alicyclic amines) is 1. The summed E-state index contributed by atoms with van der Waals surface area (Å²) in [5, 5.41) is 2.98. The highest BCUT2D eigenvalue weighted by Gasteiger charge is 2.35. The summed E-state index contributed by atoms with van der Waals surface area (Å²) in [6.45, 7) is 11.6. The van der Waals surface area contributed by atoms with Crippen molar-refractivity contribution < 1.29 is 4.79 Å². The van der Waals surface area contributed by atoms with Crippen LogP contribution in [-0.4, -0.2) is 45.4 Å². The lowest BCUT2D eigenvalue weighted by molar-refractivity contribution is -0.126. The Balaban J connectivity index is 2.06. The Morgan fingerprint density at radius 3 is 2.52 bits per heavy atom. The van der Waals surface area contributed by atoms with Crippen molar-refractivity contribution in [3.63, 3.8) is 0 Å². The Morgan fingerprint density at radius 1 is 1.39 bits per heavy atom. The molecule has 1 aliphatic heterocycles. The van der Waals surface area contributed by atoms with Crippen molar-refractivity contribution in [2.24, 2.45) is 5.73 Å². The van der Waals surface area contributed by atoms with Crippen molar-refractivity contribution >= 4 is 5.91 Å². The number of rotatable bonds is 4. The lowest BCUT2D eigenvalue weighted by Crippen LogP contribution is -2.45. The van der Waals surface area contributed by atoms with Gasteiger partial charge in [0.2, 0.25) is 5.91 Å². The molecule has 0 aromatic carbocycles. The molecule has 0 saturated carbocycles. The molecule has 0 aliphatic carbocycles. The molecule has 6 heteroatoms. The van der Waals surface area contributed by atoms with E-state index < -0.39 is 0 Å². The van der Waals surface area contributed by atoms with Gasteiger partial charge in [-0.3, -0.25) is 9.69 Å². The Bertz CT molecular complexity index is 535. The van der Waals surface area contributed by atoms with Crippen molar-refractivity contribution in [1.29, 1.82) is 0 Å². The zero-order valence-electron chi connectivity index (χ0n) is 14.8. The van der Waals surface area contributed by atoms with E-state index in [1.807, 2.05) is 26.2 Å². The van der Waals surface area contributed by atoms with Crippen molar-refractivity contribution in [2.75, 3.05) is 6.54 Å². The van der Waals surface area contributed by atoms with Crippen LogP contribution in [0.4, 0.5) is 0 Å². The van der Waals surface area contributed by atoms with Gasteiger partial charge in [0.1, 0.15) is 5.82 Å². The molecule has 1 aromatic rings. The zero-order valence-corrected chi connectivity index (χ0v) is 14.8. The number of nitrogens with zero attached hydrogens (tertiary/aromatic N) is 3. The highest BCUT2D eigenvalue weighted by Crippen LogP contribution is 2.21. The quantitative estimate of drug-likeness (QED) is 0.871. The summed E-state index contributed by atoms with van der Waals surface area (Å²) < 4.78 is 0. The van der Waals surface area contributed by atoms with Crippen LogP contribution in [0.5, 0.6) is 0 Å². The van der Waals surface area contributed by atoms with E-state index in [1.54, 1.807) is 0 Å². The lowest BCUT2D eigenvalue weighted by atomic mass is 9.96. The van der Waals surface area contributed by atoms with E-state index in [4.69, 9.17) is 5.73 Å². The average molecular weight is 319 g/mol. The van der Waals surface area contributed by atoms with E-state index in [2.05, 4.69) is 41.0 Å². The molecule has 23 heavy (non-hydrogen) atoms. The smallest absolute Gasteiger partial charge is 0.237 e. The SMILES string of the molecule is CC(C)NC(=O)[C@@H]1C[C@@H](N)CN1Cc1cnc(C(C)(C)C)nc1. The summed E-state index contributed by atoms with van der Waals surface area (Å²) >= 11 is 0. The van der Waals surface area contributed by atoms with Crippen LogP contribution in [0.15, 0.2) is 12.4 Å². The van der Waals surface area contributed by atoms with Gasteiger partial charge in [0.25, 0.3) is 0 Å². The normalized spacial score (nSPS) is 22.6. The minimum absolute atomic E-state index is 0.0349. The molecule has 2 atom stereocenters. The van der Waals surface area contributed by atoms with E-state index >= 15 is 0 Å². The summed E-state index contributed by atoms with van der Waals surface area (Å²) in [6.07, 6.45) is 4.41. The van der Waals surface area contributed by atoms with Gasteiger partial charge in [-0.15, -0.1) is 0 Å². The lowest BCUT2D eigenvalue weighted by Gasteiger charge is -2.24. The average Bonchev–Trinajstić information content (AvgIpc) is 2.78. The van der Waals surface area contributed by atoms with Crippen LogP contribution in [-0.2, 0) is 16.8 Å². The highest BCUT2D eigenvalue weighted by molar-refractivity contribution is 5.82. The Labute approximate surface area is 138 Å². The van der Waals surface area contributed by atoms with Crippen molar-refractivity contribution in [2.45, 2.75) is 71.1 Å². The first-order valence-electron chi connectivity index (χ1n) is 8.28. The van der Waals surface area contributed by atoms with Gasteiger partial charge in [-0.2, -0.15) is 0 Å². The zero-order chi connectivity index (χ0) is 17.2. The van der Waals surface area contributed by atoms with Gasteiger partial charge < -0.3 is 11.1 Å². The molecule has 3 N–H and O–H groups in total. The van der Waals surface area contributed by atoms with Gasteiger partial charge in [0.15, 0.2) is 0 Å². The third kappa shape index (κ3) is 4.72. The summed E-state index contributed by atoms with van der Waals surface area (Å²) in [5.41, 5.74) is 7.01. The summed E-state index contributed by atoms with van der Waals surface area (Å²) in [4.78, 5) is 23.4. The number of hydrogen-bond donors (Lipinski definition) is 2. The molecule has 1 aliphatic rings. The first-order valence-corrected chi connectivity index (χ1v) is 8.28. The van der Waals surface area contributed by atoms with Gasteiger partial charge in [0, 0.05) is 48.5 Å². The predicted octanol–water partition coefficient (Wildman–Crippen LogP) is 1.20. The topological polar surface area (TPSA) is 84.1 Å². The van der Waals surface area contributed by atoms with Gasteiger partial charge in [0.05, 0.1) is 6.04 Å². The third-order valence-corrected chi connectivity index (χ3v) is 3.93. The van der Waals surface area contributed by atoms with Gasteiger partial charge in [-0.1, -0.05) is 20.8 Å². The number of nitrogens with two attached hydrogens (primary N) is 1. The third-order valence-electron chi connectivity index (χ3n) is 3.93. The molecule has 1 aromatic heterocycles. The number of nitrogens with one attached hydrogen (secondary N) is 1. The second-order valence-electron chi connectivity index (χ2n) is 7.77. The fourth-order valence-electron chi connectivity index (χ4n) is 2.83. The van der Waals surface area contributed by atoms with E-state index in [0.29, 0.717) is 13.0 Å². The second-order valence-corrected chi connectivity index (χ2v) is 7.77. The number of aromatic nitrogens is 2. The van der Waals surface area contributed by atoms with Crippen molar-refractivity contribution in [1.82, 2.24) is 20.2 Å². The van der Waals surface area contributed by atoms with E-state index in [-0.39, 0.29) is 29.4 Å². The summed E-state index contributed by atoms with van der Waals surface area (Å²) in [7, 11) is 0. The van der Waals surface area contributed by atoms with Crippen LogP contribution in [0.2, 0.25) is 0 Å². The highest BCUT2D eigenvalue weighted by atomic mass is 16.2. The van der Waals surface area contributed by atoms with Gasteiger partial charge in [-0.25, -0.2) is 9.97 Å². The molecule has 2 rings (SSSR count). The summed E-state index contributed by atoms with van der Waals surface area (Å²) in [5.74, 6) is 0.883. The van der Waals surface area contributed by atoms with Gasteiger partial charge in [-0.05, 0) is 20.3 Å². The molecule has 1 amide bonds. The van der Waals surface area contributed by atoms with Crippen LogP contribution < -0.4 is 11.1 Å². The molecular weight excluding hydrogens is 290 g/mol. The maximum atomic E-state index is 12.3. The summed E-state index contributed by atoms with van der Waals surface area (Å²) in [6, 6.07) is -0.00190. The molecule has 0 bridgehead atoms. The molecule has 0 spiro atoms. The van der Waals surface area contributed by atoms with E-state index in [9.17, 15) is 4.79 Å². The molecule has 6 nitrogen and oxygen atoms in total. The largest absolute Gasteiger partial charge is 0.353 e. The minimum Gasteiger partial charge on any atom is -0.353 e. The first kappa shape index (κ1) is 17.8. The second kappa shape index (κ2) is 6.93. The maximum absolute atomic E-state index is 12.3. The first-order chi connectivity index (χ1) is 10.7. The molecule has 128 valence electrons. The molecule has 0 unspecified atom stereocenters. The molecule has 1 fully saturated rings. The van der Waals surface area contributed by atoms with Crippen LogP contribution in [0.1, 0.15) is 52.4 Å². The molecule has 1 saturated heterocycles. The fourth-order valence-corrected chi connectivity index (χ4v) is 2.83. The van der Waals surface area contributed by atoms with Crippen LogP contribution in [0.25, 0.3) is 0 Å². The number of carbonyl (C=O) groups is 1. The molecule has 2 heterocycles. The Kier molecular flexibility index (Phi) is 5.37. The number of carbonyl (C=O) groups excluding carboxylic acids is 1. The number of hydrogen-bond acceptors (Lipinski definition) is 5. The Hall–Kier alpha value is -1.53. The van der Waals surface area contributed by atoms with E-state index in [0.717, 1.165) is 17.9 Å². The van der Waals surface area contributed by atoms with Crippen molar-refractivity contribution in [3.8, 4) is 0 Å². The number of amides is 1. The van der Waals surface area contributed by atoms with E-state index in [1.165, 1.54) is 0 Å². The van der Waals surface area contributed by atoms with Crippen LogP contribution in [0, 0.1) is 0 Å². The standard InChI is InChI=1S/C17H29N5O/c1-11(2)21-15(23)14-6-13(18)10-22(14)9-12-7-19-16(20-8-12)17(3,4)5/h7-8,11,13-14H,6,9-10,18H2,1-5H3,(H,21,23)/t13-,14+/m1/s1. The maximum Gasteiger partial charge on any atom is 0.237 e. The monoisotopic (exact) mass is 319 g/mol. The van der Waals surface area contributed by atoms with Gasteiger partial charge >= 0.3 is 0 Å². The predicted molar refractivity (Wildman–Crippen MR) is 90.8 cm³/mol. The minimum atomic E-state index is -0.172. The molecular formula is C17H29N5O. The Morgan fingerprint density at radius 2 is 2.00 bits per heavy atom. The van der Waals surface area contributed by atoms with Crippen molar-refractivity contribution in [3.05, 3.63) is 23.8 Å². The van der Waals surface area contributed by atoms with Crippen LogP contribution >= 0.6 is 0 Å². The van der Waals surface area contributed by atoms with Crippen LogP contribution in [0.3, 0.4) is 0 Å². The fraction of sp³-hybridized carbons (Fsp3) is 0.706.